The summed E-state index contributed by atoms with van der Waals surface area (Å²) in [7, 11) is -3.40. The van der Waals surface area contributed by atoms with Crippen molar-refractivity contribution in [1.29, 1.82) is 0 Å². The molecule has 1 aromatic carbocycles. The number of hydrogen-bond acceptors (Lipinski definition) is 3. The highest BCUT2D eigenvalue weighted by molar-refractivity contribution is 7.92. The van der Waals surface area contributed by atoms with Crippen LogP contribution in [-0.4, -0.2) is 26.3 Å². The van der Waals surface area contributed by atoms with Gasteiger partial charge in [0.15, 0.2) is 9.84 Å². The number of fused-ring (bicyclic) bond motifs is 1. The quantitative estimate of drug-likeness (QED) is 0.728. The average Bonchev–Trinajstić information content (AvgIpc) is 2.33. The zero-order valence-electron chi connectivity index (χ0n) is 10.2. The number of nitrogens with zero attached hydrogens (tertiary/aromatic N) is 1. The molecule has 1 amide bonds. The molecule has 1 atom stereocenters. The van der Waals surface area contributed by atoms with Crippen LogP contribution in [0.2, 0.25) is 0 Å². The second-order valence-electron chi connectivity index (χ2n) is 4.28. The molecule has 1 aromatic rings. The van der Waals surface area contributed by atoms with E-state index in [0.717, 1.165) is 0 Å². The van der Waals surface area contributed by atoms with E-state index in [4.69, 9.17) is 0 Å². The Balaban J connectivity index is 2.76. The molecule has 0 aromatic heterocycles. The number of amides is 1. The fourth-order valence-corrected chi connectivity index (χ4v) is 3.37. The summed E-state index contributed by atoms with van der Waals surface area (Å²) in [4.78, 5) is 15.1. The van der Waals surface area contributed by atoms with Crippen LogP contribution in [-0.2, 0) is 9.84 Å². The van der Waals surface area contributed by atoms with Crippen molar-refractivity contribution in [3.05, 3.63) is 34.9 Å². The molecule has 0 bridgehead atoms. The second kappa shape index (κ2) is 4.17. The smallest absolute Gasteiger partial charge is 0.267 e. The van der Waals surface area contributed by atoms with Crippen molar-refractivity contribution in [1.82, 2.24) is 0 Å². The highest BCUT2D eigenvalue weighted by Gasteiger charge is 2.28. The standard InChI is InChI=1S/C13H13NO3S/c1-8-6-10-5-4-9(2)18(16,17)12(10)7-11(8)13(15)14-3/h4-7,9H,3H2,1-2H3. The normalized spacial score (nSPS) is 20.2. The van der Waals surface area contributed by atoms with Gasteiger partial charge in [0.05, 0.1) is 10.1 Å². The monoisotopic (exact) mass is 263 g/mol. The number of hydrogen-bond donors (Lipinski definition) is 0. The summed E-state index contributed by atoms with van der Waals surface area (Å²) >= 11 is 0. The van der Waals surface area contributed by atoms with Crippen LogP contribution in [0.4, 0.5) is 0 Å². The van der Waals surface area contributed by atoms with E-state index in [-0.39, 0.29) is 10.5 Å². The van der Waals surface area contributed by atoms with Gasteiger partial charge in [-0.3, -0.25) is 4.79 Å². The Bertz CT molecular complexity index is 672. The van der Waals surface area contributed by atoms with E-state index < -0.39 is 21.0 Å². The van der Waals surface area contributed by atoms with E-state index in [0.29, 0.717) is 11.1 Å². The molecule has 4 nitrogen and oxygen atoms in total. The molecule has 0 radical (unpaired) electrons. The van der Waals surface area contributed by atoms with Crippen LogP contribution in [0, 0.1) is 6.92 Å². The van der Waals surface area contributed by atoms with Gasteiger partial charge in [-0.25, -0.2) is 13.4 Å². The maximum atomic E-state index is 12.2. The molecule has 0 N–H and O–H groups in total. The third-order valence-corrected chi connectivity index (χ3v) is 5.18. The van der Waals surface area contributed by atoms with Crippen molar-refractivity contribution in [2.75, 3.05) is 0 Å². The van der Waals surface area contributed by atoms with Crippen molar-refractivity contribution in [3.8, 4) is 0 Å². The van der Waals surface area contributed by atoms with Crippen molar-refractivity contribution in [3.63, 3.8) is 0 Å². The summed E-state index contributed by atoms with van der Waals surface area (Å²) in [6.45, 7) is 6.54. The van der Waals surface area contributed by atoms with Crippen LogP contribution in [0.15, 0.2) is 28.1 Å². The number of aryl methyl sites for hydroxylation is 1. The van der Waals surface area contributed by atoms with E-state index in [1.54, 1.807) is 32.1 Å². The zero-order chi connectivity index (χ0) is 13.5. The van der Waals surface area contributed by atoms with Gasteiger partial charge in [0, 0.05) is 5.56 Å². The molecule has 0 fully saturated rings. The Morgan fingerprint density at radius 3 is 2.67 bits per heavy atom. The van der Waals surface area contributed by atoms with Crippen LogP contribution in [0.1, 0.15) is 28.4 Å². The Hall–Kier alpha value is -1.75. The molecule has 0 saturated carbocycles. The molecule has 1 aliphatic heterocycles. The first-order chi connectivity index (χ1) is 8.37. The van der Waals surface area contributed by atoms with Gasteiger partial charge in [-0.05, 0) is 43.8 Å². The average molecular weight is 263 g/mol. The molecule has 2 rings (SSSR count). The molecule has 94 valence electrons. The first kappa shape index (κ1) is 12.7. The van der Waals surface area contributed by atoms with Crippen LogP contribution in [0.3, 0.4) is 0 Å². The van der Waals surface area contributed by atoms with Crippen LogP contribution in [0.5, 0.6) is 0 Å². The Labute approximate surface area is 106 Å². The minimum absolute atomic E-state index is 0.190. The Morgan fingerprint density at radius 2 is 2.06 bits per heavy atom. The van der Waals surface area contributed by atoms with E-state index in [2.05, 4.69) is 11.7 Å². The third-order valence-electron chi connectivity index (χ3n) is 3.07. The predicted molar refractivity (Wildman–Crippen MR) is 70.7 cm³/mol. The summed E-state index contributed by atoms with van der Waals surface area (Å²) < 4.78 is 24.3. The number of carbonyl (C=O) groups is 1. The van der Waals surface area contributed by atoms with Gasteiger partial charge < -0.3 is 0 Å². The lowest BCUT2D eigenvalue weighted by Gasteiger charge is -2.18. The van der Waals surface area contributed by atoms with Crippen LogP contribution >= 0.6 is 0 Å². The van der Waals surface area contributed by atoms with E-state index >= 15 is 0 Å². The molecule has 1 heterocycles. The summed E-state index contributed by atoms with van der Waals surface area (Å²) in [5.74, 6) is -0.507. The summed E-state index contributed by atoms with van der Waals surface area (Å²) in [5, 5.41) is -0.577. The van der Waals surface area contributed by atoms with Gasteiger partial charge in [-0.15, -0.1) is 0 Å². The van der Waals surface area contributed by atoms with Gasteiger partial charge in [0.1, 0.15) is 0 Å². The molecule has 0 saturated heterocycles. The first-order valence-corrected chi connectivity index (χ1v) is 7.00. The lowest BCUT2D eigenvalue weighted by atomic mass is 10.0. The van der Waals surface area contributed by atoms with Crippen molar-refractivity contribution >= 4 is 28.5 Å². The third kappa shape index (κ3) is 1.80. The van der Waals surface area contributed by atoms with E-state index in [9.17, 15) is 13.2 Å². The molecular weight excluding hydrogens is 250 g/mol. The molecule has 18 heavy (non-hydrogen) atoms. The fourth-order valence-electron chi connectivity index (χ4n) is 1.95. The lowest BCUT2D eigenvalue weighted by molar-refractivity contribution is 0.100. The lowest BCUT2D eigenvalue weighted by Crippen LogP contribution is -2.20. The topological polar surface area (TPSA) is 63.6 Å². The number of sulfone groups is 1. The largest absolute Gasteiger partial charge is 0.276 e. The number of benzene rings is 1. The minimum atomic E-state index is -3.40. The van der Waals surface area contributed by atoms with E-state index in [1.807, 2.05) is 0 Å². The fraction of sp³-hybridized carbons (Fsp3) is 0.231. The molecule has 5 heteroatoms. The van der Waals surface area contributed by atoms with Gasteiger partial charge in [-0.1, -0.05) is 12.2 Å². The molecular formula is C13H13NO3S. The number of aliphatic imine (C=N–C) groups is 1. The highest BCUT2D eigenvalue weighted by atomic mass is 32.2. The van der Waals surface area contributed by atoms with Gasteiger partial charge in [-0.2, -0.15) is 0 Å². The Kier molecular flexibility index (Phi) is 2.94. The summed E-state index contributed by atoms with van der Waals surface area (Å²) in [6.07, 6.45) is 3.41. The Morgan fingerprint density at radius 1 is 1.39 bits per heavy atom. The number of carbonyl (C=O) groups excluding carboxylic acids is 1. The van der Waals surface area contributed by atoms with E-state index in [1.165, 1.54) is 6.07 Å². The SMILES string of the molecule is C=NC(=O)c1cc2c(cc1C)C=CC(C)S2(=O)=O. The minimum Gasteiger partial charge on any atom is -0.267 e. The second-order valence-corrected chi connectivity index (χ2v) is 6.55. The maximum Gasteiger partial charge on any atom is 0.276 e. The molecule has 0 aliphatic carbocycles. The first-order valence-electron chi connectivity index (χ1n) is 5.45. The van der Waals surface area contributed by atoms with Crippen LogP contribution < -0.4 is 0 Å². The van der Waals surface area contributed by atoms with Crippen molar-refractivity contribution < 1.29 is 13.2 Å². The maximum absolute atomic E-state index is 12.2. The zero-order valence-corrected chi connectivity index (χ0v) is 11.0. The summed E-state index contributed by atoms with van der Waals surface area (Å²) in [6, 6.07) is 3.09. The van der Waals surface area contributed by atoms with Crippen molar-refractivity contribution in [2.45, 2.75) is 24.0 Å². The predicted octanol–water partition coefficient (Wildman–Crippen LogP) is 2.02. The highest BCUT2D eigenvalue weighted by Crippen LogP contribution is 2.30. The van der Waals surface area contributed by atoms with Crippen molar-refractivity contribution in [2.24, 2.45) is 4.99 Å². The molecule has 1 unspecified atom stereocenters. The van der Waals surface area contributed by atoms with Gasteiger partial charge in [0.25, 0.3) is 5.91 Å². The van der Waals surface area contributed by atoms with Gasteiger partial charge >= 0.3 is 0 Å². The molecule has 1 aliphatic rings. The van der Waals surface area contributed by atoms with Crippen LogP contribution in [0.25, 0.3) is 6.08 Å². The van der Waals surface area contributed by atoms with Gasteiger partial charge in [0.2, 0.25) is 0 Å². The molecule has 0 spiro atoms. The summed E-state index contributed by atoms with van der Waals surface area (Å²) in [5.41, 5.74) is 1.60. The number of rotatable bonds is 1.